The van der Waals surface area contributed by atoms with Crippen LogP contribution in [0.2, 0.25) is 0 Å². The first kappa shape index (κ1) is 20.2. The zero-order valence-electron chi connectivity index (χ0n) is 14.9. The van der Waals surface area contributed by atoms with Crippen molar-refractivity contribution in [3.63, 3.8) is 0 Å². The van der Waals surface area contributed by atoms with Gasteiger partial charge in [0, 0.05) is 25.6 Å². The van der Waals surface area contributed by atoms with E-state index < -0.39 is 0 Å². The number of carbonyl (C=O) groups excluding carboxylic acids is 1. The van der Waals surface area contributed by atoms with Gasteiger partial charge in [-0.05, 0) is 31.5 Å². The van der Waals surface area contributed by atoms with Crippen LogP contribution in [0.1, 0.15) is 26.2 Å². The first-order chi connectivity index (χ1) is 12.1. The lowest BCUT2D eigenvalue weighted by atomic mass is 10.2. The second kappa shape index (κ2) is 9.00. The Kier molecular flexibility index (Phi) is 6.99. The maximum atomic E-state index is 12.6. The molecule has 2 heterocycles. The summed E-state index contributed by atoms with van der Waals surface area (Å²) < 4.78 is 1.25. The van der Waals surface area contributed by atoms with E-state index in [9.17, 15) is 14.4 Å². The number of H-pyrrole nitrogens is 1. The number of aromatic amines is 1. The second-order valence-corrected chi connectivity index (χ2v) is 6.43. The Labute approximate surface area is 157 Å². The van der Waals surface area contributed by atoms with E-state index in [1.165, 1.54) is 4.68 Å². The minimum Gasteiger partial charge on any atom is -0.338 e. The van der Waals surface area contributed by atoms with Gasteiger partial charge in [0.15, 0.2) is 0 Å². The Morgan fingerprint density at radius 2 is 2.00 bits per heavy atom. The summed E-state index contributed by atoms with van der Waals surface area (Å²) in [7, 11) is 0. The van der Waals surface area contributed by atoms with Gasteiger partial charge in [-0.3, -0.25) is 19.5 Å². The first-order valence-electron chi connectivity index (χ1n) is 8.84. The highest BCUT2D eigenvalue weighted by Gasteiger charge is 2.25. The lowest BCUT2D eigenvalue weighted by molar-refractivity contribution is -0.133. The summed E-state index contributed by atoms with van der Waals surface area (Å²) in [6.07, 6.45) is 2.05. The van der Waals surface area contributed by atoms with Crippen LogP contribution in [0.5, 0.6) is 0 Å². The SMILES string of the molecule is CCCN(C(=O)CCn1[nH]c(=O)c2ccccc2c1=O)C1CCNC1.Cl. The van der Waals surface area contributed by atoms with Crippen molar-refractivity contribution >= 4 is 29.1 Å². The highest BCUT2D eigenvalue weighted by Crippen LogP contribution is 2.11. The Morgan fingerprint density at radius 3 is 2.65 bits per heavy atom. The minimum absolute atomic E-state index is 0. The molecule has 1 aliphatic rings. The molecule has 1 atom stereocenters. The standard InChI is InChI=1S/C18H24N4O3.ClH/c1-2-10-21(13-7-9-19-12-13)16(23)8-11-22-18(25)15-6-4-3-5-14(15)17(24)20-22;/h3-6,13,19H,2,7-12H2,1H3,(H,20,24);1H. The number of fused-ring (bicyclic) bond motifs is 1. The molecule has 2 N–H and O–H groups in total. The third-order valence-corrected chi connectivity index (χ3v) is 4.69. The van der Waals surface area contributed by atoms with Crippen molar-refractivity contribution in [3.05, 3.63) is 45.0 Å². The van der Waals surface area contributed by atoms with Gasteiger partial charge in [0.2, 0.25) is 5.91 Å². The number of rotatable bonds is 6. The van der Waals surface area contributed by atoms with Crippen LogP contribution in [0.25, 0.3) is 10.8 Å². The average molecular weight is 381 g/mol. The Morgan fingerprint density at radius 1 is 1.27 bits per heavy atom. The van der Waals surface area contributed by atoms with E-state index >= 15 is 0 Å². The molecule has 0 aliphatic carbocycles. The molecular weight excluding hydrogens is 356 g/mol. The molecule has 7 nitrogen and oxygen atoms in total. The van der Waals surface area contributed by atoms with Gasteiger partial charge in [-0.15, -0.1) is 12.4 Å². The number of nitrogens with zero attached hydrogens (tertiary/aromatic N) is 2. The molecule has 0 bridgehead atoms. The third-order valence-electron chi connectivity index (χ3n) is 4.69. The lowest BCUT2D eigenvalue weighted by Gasteiger charge is -2.28. The molecule has 1 aromatic heterocycles. The van der Waals surface area contributed by atoms with Gasteiger partial charge in [0.1, 0.15) is 0 Å². The van der Waals surface area contributed by atoms with Crippen LogP contribution in [0.3, 0.4) is 0 Å². The van der Waals surface area contributed by atoms with E-state index in [0.717, 1.165) is 25.9 Å². The number of hydrogen-bond donors (Lipinski definition) is 2. The summed E-state index contributed by atoms with van der Waals surface area (Å²) in [6.45, 7) is 4.69. The van der Waals surface area contributed by atoms with Gasteiger partial charge in [-0.2, -0.15) is 0 Å². The summed E-state index contributed by atoms with van der Waals surface area (Å²) in [5, 5.41) is 6.61. The fraction of sp³-hybridized carbons (Fsp3) is 0.500. The number of benzene rings is 1. The summed E-state index contributed by atoms with van der Waals surface area (Å²) in [4.78, 5) is 39.2. The van der Waals surface area contributed by atoms with Crippen molar-refractivity contribution in [2.24, 2.45) is 0 Å². The molecule has 3 rings (SSSR count). The summed E-state index contributed by atoms with van der Waals surface area (Å²) in [6, 6.07) is 6.94. The number of nitrogens with one attached hydrogen (secondary N) is 2. The van der Waals surface area contributed by atoms with E-state index in [0.29, 0.717) is 17.3 Å². The molecular formula is C18H25ClN4O3. The molecule has 0 spiro atoms. The fourth-order valence-electron chi connectivity index (χ4n) is 3.41. The molecule has 1 aromatic carbocycles. The van der Waals surface area contributed by atoms with Crippen LogP contribution < -0.4 is 16.4 Å². The quantitative estimate of drug-likeness (QED) is 0.785. The van der Waals surface area contributed by atoms with Crippen LogP contribution in [-0.2, 0) is 11.3 Å². The van der Waals surface area contributed by atoms with Crippen LogP contribution in [-0.4, -0.2) is 46.3 Å². The number of aryl methyl sites for hydroxylation is 1. The van der Waals surface area contributed by atoms with Crippen LogP contribution in [0.4, 0.5) is 0 Å². The molecule has 1 fully saturated rings. The first-order valence-corrected chi connectivity index (χ1v) is 8.84. The van der Waals surface area contributed by atoms with E-state index in [2.05, 4.69) is 10.4 Å². The molecule has 2 aromatic rings. The van der Waals surface area contributed by atoms with Gasteiger partial charge in [-0.1, -0.05) is 19.1 Å². The van der Waals surface area contributed by atoms with Crippen LogP contribution >= 0.6 is 12.4 Å². The highest BCUT2D eigenvalue weighted by molar-refractivity contribution is 5.85. The molecule has 1 aliphatic heterocycles. The normalized spacial score (nSPS) is 16.4. The molecule has 1 unspecified atom stereocenters. The van der Waals surface area contributed by atoms with E-state index in [1.807, 2.05) is 11.8 Å². The Hall–Kier alpha value is -2.12. The number of aromatic nitrogens is 2. The zero-order chi connectivity index (χ0) is 17.8. The van der Waals surface area contributed by atoms with Gasteiger partial charge < -0.3 is 10.2 Å². The van der Waals surface area contributed by atoms with Crippen molar-refractivity contribution in [2.75, 3.05) is 19.6 Å². The lowest BCUT2D eigenvalue weighted by Crippen LogP contribution is -2.43. The van der Waals surface area contributed by atoms with Gasteiger partial charge >= 0.3 is 0 Å². The maximum absolute atomic E-state index is 12.6. The predicted molar refractivity (Wildman–Crippen MR) is 104 cm³/mol. The van der Waals surface area contributed by atoms with Gasteiger partial charge in [-0.25, -0.2) is 4.68 Å². The van der Waals surface area contributed by atoms with E-state index in [1.54, 1.807) is 24.3 Å². The van der Waals surface area contributed by atoms with Crippen molar-refractivity contribution < 1.29 is 4.79 Å². The number of halogens is 1. The molecule has 0 radical (unpaired) electrons. The van der Waals surface area contributed by atoms with Crippen LogP contribution in [0, 0.1) is 0 Å². The smallest absolute Gasteiger partial charge is 0.273 e. The second-order valence-electron chi connectivity index (χ2n) is 6.43. The van der Waals surface area contributed by atoms with Crippen molar-refractivity contribution in [2.45, 2.75) is 38.8 Å². The van der Waals surface area contributed by atoms with E-state index in [4.69, 9.17) is 0 Å². The molecule has 8 heteroatoms. The Bertz CT molecular complexity index is 871. The summed E-state index contributed by atoms with van der Waals surface area (Å²) in [5.41, 5.74) is -0.583. The zero-order valence-corrected chi connectivity index (χ0v) is 15.7. The number of hydrogen-bond acceptors (Lipinski definition) is 4. The largest absolute Gasteiger partial charge is 0.338 e. The Balaban J connectivity index is 0.00000243. The van der Waals surface area contributed by atoms with Crippen molar-refractivity contribution in [3.8, 4) is 0 Å². The highest BCUT2D eigenvalue weighted by atomic mass is 35.5. The fourth-order valence-corrected chi connectivity index (χ4v) is 3.41. The summed E-state index contributed by atoms with van der Waals surface area (Å²) in [5.74, 6) is 0.0245. The van der Waals surface area contributed by atoms with Gasteiger partial charge in [0.25, 0.3) is 11.1 Å². The molecule has 1 amide bonds. The molecule has 26 heavy (non-hydrogen) atoms. The third kappa shape index (κ3) is 4.16. The minimum atomic E-state index is -0.312. The predicted octanol–water partition coefficient (Wildman–Crippen LogP) is 1.10. The van der Waals surface area contributed by atoms with Crippen molar-refractivity contribution in [1.82, 2.24) is 20.0 Å². The molecule has 142 valence electrons. The number of amides is 1. The summed E-state index contributed by atoms with van der Waals surface area (Å²) >= 11 is 0. The average Bonchev–Trinajstić information content (AvgIpc) is 3.15. The monoisotopic (exact) mass is 380 g/mol. The van der Waals surface area contributed by atoms with E-state index in [-0.39, 0.29) is 48.4 Å². The van der Waals surface area contributed by atoms with Gasteiger partial charge in [0.05, 0.1) is 17.3 Å². The topological polar surface area (TPSA) is 87.2 Å². The molecule has 0 saturated carbocycles. The van der Waals surface area contributed by atoms with Crippen LogP contribution in [0.15, 0.2) is 33.9 Å². The maximum Gasteiger partial charge on any atom is 0.273 e. The van der Waals surface area contributed by atoms with Crippen molar-refractivity contribution in [1.29, 1.82) is 0 Å². The molecule has 1 saturated heterocycles. The number of carbonyl (C=O) groups is 1.